The van der Waals surface area contributed by atoms with Gasteiger partial charge in [-0.2, -0.15) is 0 Å². The first-order valence-corrected chi connectivity index (χ1v) is 24.4. The van der Waals surface area contributed by atoms with Gasteiger partial charge in [-0.05, 0) is 122 Å². The largest absolute Gasteiger partial charge is 0.487 e. The third kappa shape index (κ3) is 12.8. The van der Waals surface area contributed by atoms with E-state index in [1.54, 1.807) is 41.3 Å². The smallest absolute Gasteiger partial charge is 0.269 e. The molecule has 2 heterocycles. The van der Waals surface area contributed by atoms with E-state index in [9.17, 15) is 35.5 Å². The van der Waals surface area contributed by atoms with Gasteiger partial charge in [-0.25, -0.2) is 0 Å². The van der Waals surface area contributed by atoms with Gasteiger partial charge in [0, 0.05) is 73.7 Å². The Kier molecular flexibility index (Phi) is 18.8. The Morgan fingerprint density at radius 2 is 1.64 bits per heavy atom. The molecule has 4 aromatic rings. The van der Waals surface area contributed by atoms with E-state index >= 15 is 4.79 Å². The first kappa shape index (κ1) is 53.0. The van der Waals surface area contributed by atoms with Gasteiger partial charge in [0.1, 0.15) is 30.8 Å². The van der Waals surface area contributed by atoms with Gasteiger partial charge in [0.2, 0.25) is 11.7 Å². The molecule has 7 rings (SSSR count). The lowest BCUT2D eigenvalue weighted by Crippen LogP contribution is -2.70. The van der Waals surface area contributed by atoms with Crippen molar-refractivity contribution in [2.45, 2.75) is 82.8 Å². The first-order valence-electron chi connectivity index (χ1n) is 24.4. The molecule has 1 amide bonds. The van der Waals surface area contributed by atoms with Crippen LogP contribution in [-0.4, -0.2) is 105 Å². The summed E-state index contributed by atoms with van der Waals surface area (Å²) in [6.45, 7) is 6.00. The van der Waals surface area contributed by atoms with Gasteiger partial charge in [-0.1, -0.05) is 36.2 Å². The van der Waals surface area contributed by atoms with E-state index in [1.807, 2.05) is 43.3 Å². The number of hydrogen-bond donors (Lipinski definition) is 3. The second-order valence-corrected chi connectivity index (χ2v) is 18.1. The van der Waals surface area contributed by atoms with E-state index in [4.69, 9.17) is 28.9 Å². The fourth-order valence-electron chi connectivity index (χ4n) is 10.2. The maximum Gasteiger partial charge on any atom is 0.269 e. The van der Waals surface area contributed by atoms with Crippen LogP contribution in [0.5, 0.6) is 11.5 Å². The Labute approximate surface area is 418 Å². The molecule has 72 heavy (non-hydrogen) atoms. The van der Waals surface area contributed by atoms with Gasteiger partial charge in [0.15, 0.2) is 0 Å². The Balaban J connectivity index is 1.41. The highest BCUT2D eigenvalue weighted by Crippen LogP contribution is 2.62. The summed E-state index contributed by atoms with van der Waals surface area (Å²) in [5.74, 6) is -2.10. The van der Waals surface area contributed by atoms with Crippen LogP contribution >= 0.6 is 0 Å². The molecule has 6 atom stereocenters. The molecule has 0 saturated heterocycles. The number of amides is 1. The molecule has 0 spiro atoms. The Morgan fingerprint density at radius 1 is 0.917 bits per heavy atom. The minimum Gasteiger partial charge on any atom is -0.487 e. The maximum absolute atomic E-state index is 15.0. The predicted molar refractivity (Wildman–Crippen MR) is 268 cm³/mol. The Bertz CT molecular complexity index is 2590. The number of allylic oxidation sites excluding steroid dienone is 1. The molecule has 382 valence electrons. The lowest BCUT2D eigenvalue weighted by Gasteiger charge is -2.60. The lowest BCUT2D eigenvalue weighted by atomic mass is 9.55. The number of aromatic nitrogens is 1. The number of aliphatic hydroxyl groups excluding tert-OH is 3. The van der Waals surface area contributed by atoms with Crippen LogP contribution in [0.25, 0.3) is 6.08 Å². The monoisotopic (exact) mass is 989 g/mol. The molecule has 18 heteroatoms. The fourth-order valence-corrected chi connectivity index (χ4v) is 10.2. The molecule has 3 N–H and O–H groups in total. The summed E-state index contributed by atoms with van der Waals surface area (Å²) in [6, 6.07) is 22.3. The van der Waals surface area contributed by atoms with Crippen molar-refractivity contribution in [3.05, 3.63) is 164 Å². The zero-order chi connectivity index (χ0) is 51.0. The first-order chi connectivity index (χ1) is 35.0. The maximum atomic E-state index is 15.0. The van der Waals surface area contributed by atoms with Gasteiger partial charge < -0.3 is 44.0 Å². The number of fused-ring (bicyclic) bond motifs is 2. The van der Waals surface area contributed by atoms with Crippen LogP contribution in [0.4, 0.5) is 11.4 Å². The number of nitrogens with zero attached hydrogens (tertiary/aromatic N) is 5. The molecule has 1 saturated carbocycles. The number of rotatable bonds is 27. The average molecular weight is 990 g/mol. The second kappa shape index (κ2) is 25.5. The summed E-state index contributed by atoms with van der Waals surface area (Å²) in [6.07, 6.45) is 10.9. The molecule has 18 nitrogen and oxygen atoms in total. The standard InChI is InChI=1S/C54H63N5O13/c1-3-29-70-54-50(57(25-30-68-31-28-62)51(63)24-17-38-13-18-42(19-14-38)58(64)65)34-48(56-71-35-39-15-20-43(21-16-39)59(66)67)46-32-40(10-4-6-26-60)45(12-5-7-27-61)52(53(46)54)47-33-44(22-23-49(47)72-54)69-36-41-11-8-9-37(2)55-41/h3,8-9,11,13-24,32-33,40,45,50,52-53,60-62H,1,4-7,10,12,25-31,34-36H2,2H3. The van der Waals surface area contributed by atoms with Crippen molar-refractivity contribution in [1.82, 2.24) is 9.88 Å². The van der Waals surface area contributed by atoms with E-state index in [-0.39, 0.29) is 94.9 Å². The number of carbonyl (C=O) groups excluding carboxylic acids is 1. The van der Waals surface area contributed by atoms with Crippen molar-refractivity contribution < 1.29 is 53.7 Å². The molecular weight excluding hydrogens is 927 g/mol. The van der Waals surface area contributed by atoms with Crippen LogP contribution < -0.4 is 9.47 Å². The highest BCUT2D eigenvalue weighted by atomic mass is 16.7. The van der Waals surface area contributed by atoms with Crippen molar-refractivity contribution in [3.8, 4) is 11.5 Å². The van der Waals surface area contributed by atoms with E-state index in [0.717, 1.165) is 35.4 Å². The van der Waals surface area contributed by atoms with Gasteiger partial charge in [0.05, 0.1) is 53.6 Å². The number of unbranched alkanes of at least 4 members (excludes halogenated alkanes) is 2. The second-order valence-electron chi connectivity index (χ2n) is 18.1. The van der Waals surface area contributed by atoms with Gasteiger partial charge >= 0.3 is 0 Å². The van der Waals surface area contributed by atoms with Crippen LogP contribution in [0.2, 0.25) is 0 Å². The van der Waals surface area contributed by atoms with Crippen molar-refractivity contribution in [1.29, 1.82) is 0 Å². The zero-order valence-corrected chi connectivity index (χ0v) is 40.5. The number of nitro groups is 2. The molecular formula is C54H63N5O13. The molecule has 1 aromatic heterocycles. The summed E-state index contributed by atoms with van der Waals surface area (Å²) >= 11 is 0. The number of oxime groups is 1. The number of nitro benzene ring substituents is 2. The summed E-state index contributed by atoms with van der Waals surface area (Å²) in [5, 5.41) is 57.4. The zero-order valence-electron chi connectivity index (χ0n) is 40.5. The molecule has 0 bridgehead atoms. The number of non-ortho nitro benzene ring substituents is 2. The van der Waals surface area contributed by atoms with Crippen LogP contribution in [0.1, 0.15) is 78.9 Å². The Morgan fingerprint density at radius 3 is 2.32 bits per heavy atom. The normalized spacial score (nSPS) is 21.5. The fraction of sp³-hybridized carbons (Fsp3) is 0.426. The number of hydrogen-bond acceptors (Lipinski definition) is 15. The number of benzene rings is 3. The van der Waals surface area contributed by atoms with E-state index in [2.05, 4.69) is 17.6 Å². The summed E-state index contributed by atoms with van der Waals surface area (Å²) < 4.78 is 26.7. The van der Waals surface area contributed by atoms with Crippen molar-refractivity contribution in [3.63, 3.8) is 0 Å². The summed E-state index contributed by atoms with van der Waals surface area (Å²) in [4.78, 5) is 49.3. The molecule has 0 radical (unpaired) electrons. The van der Waals surface area contributed by atoms with Crippen LogP contribution in [0.15, 0.2) is 120 Å². The predicted octanol–water partition coefficient (Wildman–Crippen LogP) is 8.17. The van der Waals surface area contributed by atoms with Gasteiger partial charge in [0.25, 0.3) is 11.4 Å². The highest BCUT2D eigenvalue weighted by molar-refractivity contribution is 6.03. The number of aliphatic hydroxyl groups is 3. The Hall–Kier alpha value is -6.83. The SMILES string of the molecule is C=CCOC12Oc3ccc(OCc4cccc(C)n4)cc3C3C(CCCCO)C(CCCCO)C=C(C(=NOCc4ccc([N+](=O)[O-])cc4)CC1N(CCOCCO)C(=O)C=Cc1ccc([N+](=O)[O-])cc1)C32. The molecule has 1 aliphatic heterocycles. The number of carbonyl (C=O) groups is 1. The topological polar surface area (TPSA) is 239 Å². The van der Waals surface area contributed by atoms with Crippen molar-refractivity contribution in [2.24, 2.45) is 22.9 Å². The van der Waals surface area contributed by atoms with Gasteiger partial charge in [-0.15, -0.1) is 6.58 Å². The third-order valence-electron chi connectivity index (χ3n) is 13.4. The molecule has 6 unspecified atom stereocenters. The van der Waals surface area contributed by atoms with Crippen molar-refractivity contribution >= 4 is 29.1 Å². The van der Waals surface area contributed by atoms with Crippen LogP contribution in [0.3, 0.4) is 0 Å². The summed E-state index contributed by atoms with van der Waals surface area (Å²) in [5.41, 5.74) is 4.81. The number of pyridine rings is 1. The quantitative estimate of drug-likeness (QED) is 0.0168. The number of ether oxygens (including phenoxy) is 4. The molecule has 2 aliphatic carbocycles. The highest BCUT2D eigenvalue weighted by Gasteiger charge is 2.65. The van der Waals surface area contributed by atoms with Crippen LogP contribution in [0, 0.1) is 44.9 Å². The van der Waals surface area contributed by atoms with Gasteiger partial charge in [-0.3, -0.25) is 30.0 Å². The minimum absolute atomic E-state index is 0.0143. The average Bonchev–Trinajstić information content (AvgIpc) is 3.38. The van der Waals surface area contributed by atoms with E-state index < -0.39 is 33.5 Å². The molecule has 3 aromatic carbocycles. The van der Waals surface area contributed by atoms with E-state index in [0.29, 0.717) is 54.0 Å². The molecule has 1 fully saturated rings. The van der Waals surface area contributed by atoms with Crippen LogP contribution in [-0.2, 0) is 32.3 Å². The summed E-state index contributed by atoms with van der Waals surface area (Å²) in [7, 11) is 0. The minimum atomic E-state index is -1.61. The van der Waals surface area contributed by atoms with E-state index in [1.165, 1.54) is 30.3 Å². The lowest BCUT2D eigenvalue weighted by molar-refractivity contribution is -0.385. The van der Waals surface area contributed by atoms with Crippen molar-refractivity contribution in [2.75, 3.05) is 46.2 Å². The molecule has 3 aliphatic rings. The third-order valence-corrected chi connectivity index (χ3v) is 13.4. The number of aryl methyl sites for hydroxylation is 1.